The summed E-state index contributed by atoms with van der Waals surface area (Å²) in [6.45, 7) is 2.83. The largest absolute Gasteiger partial charge is 0.486 e. The summed E-state index contributed by atoms with van der Waals surface area (Å²) < 4.78 is 16.2. The molecule has 0 radical (unpaired) electrons. The minimum Gasteiger partial charge on any atom is -0.486 e. The minimum absolute atomic E-state index is 0.122. The molecule has 1 aromatic rings. The van der Waals surface area contributed by atoms with Gasteiger partial charge >= 0.3 is 5.97 Å². The van der Waals surface area contributed by atoms with Gasteiger partial charge in [0.2, 0.25) is 0 Å². The predicted molar refractivity (Wildman–Crippen MR) is 106 cm³/mol. The predicted octanol–water partition coefficient (Wildman–Crippen LogP) is 3.34. The second-order valence-electron chi connectivity index (χ2n) is 9.50. The van der Waals surface area contributed by atoms with E-state index in [0.717, 1.165) is 17.8 Å². The molecule has 6 heteroatoms. The summed E-state index contributed by atoms with van der Waals surface area (Å²) in [5, 5.41) is 3.13. The molecule has 6 nitrogen and oxygen atoms in total. The van der Waals surface area contributed by atoms with Crippen molar-refractivity contribution in [3.05, 3.63) is 23.8 Å². The second kappa shape index (κ2) is 7.22. The first kappa shape index (κ1) is 18.8. The zero-order valence-corrected chi connectivity index (χ0v) is 16.9. The van der Waals surface area contributed by atoms with E-state index in [4.69, 9.17) is 14.2 Å². The van der Waals surface area contributed by atoms with Gasteiger partial charge < -0.3 is 19.5 Å². The number of amides is 1. The molecule has 1 amide bonds. The third-order valence-electron chi connectivity index (χ3n) is 7.49. The number of rotatable bonds is 5. The monoisotopic (exact) mass is 399 g/mol. The molecule has 0 aromatic heterocycles. The Balaban J connectivity index is 1.16. The lowest BCUT2D eigenvalue weighted by atomic mass is 9.48. The van der Waals surface area contributed by atoms with Crippen LogP contribution < -0.4 is 14.8 Å². The lowest BCUT2D eigenvalue weighted by Gasteiger charge is -2.59. The lowest BCUT2D eigenvalue weighted by Crippen LogP contribution is -2.56. The number of hydrogen-bond donors (Lipinski definition) is 1. The van der Waals surface area contributed by atoms with Gasteiger partial charge in [0.1, 0.15) is 13.2 Å². The molecule has 156 valence electrons. The van der Waals surface area contributed by atoms with E-state index in [9.17, 15) is 9.59 Å². The average Bonchev–Trinajstić information content (AvgIpc) is 2.70. The van der Waals surface area contributed by atoms with E-state index in [2.05, 4.69) is 12.2 Å². The van der Waals surface area contributed by atoms with Crippen LogP contribution in [-0.4, -0.2) is 37.7 Å². The Kier molecular flexibility index (Phi) is 4.67. The number of carbonyl (C=O) groups excluding carboxylic acids is 2. The van der Waals surface area contributed by atoms with Crippen molar-refractivity contribution < 1.29 is 23.8 Å². The Bertz CT molecular complexity index is 784. The number of carbonyl (C=O) groups is 2. The van der Waals surface area contributed by atoms with Crippen molar-refractivity contribution in [2.75, 3.05) is 19.8 Å². The van der Waals surface area contributed by atoms with Crippen LogP contribution in [0.3, 0.4) is 0 Å². The molecule has 4 aliphatic carbocycles. The molecule has 4 bridgehead atoms. The molecular formula is C23H29NO5. The SMILES string of the molecule is CC(NC(=O)COC(=O)c1ccc2c(c1)OCCO2)C12CC3CC(CC(C3)C1)C2. The van der Waals surface area contributed by atoms with Crippen molar-refractivity contribution in [3.8, 4) is 11.5 Å². The Morgan fingerprint density at radius 2 is 1.69 bits per heavy atom. The van der Waals surface area contributed by atoms with Gasteiger partial charge in [0.25, 0.3) is 5.91 Å². The van der Waals surface area contributed by atoms with Crippen molar-refractivity contribution in [2.45, 2.75) is 51.5 Å². The van der Waals surface area contributed by atoms with Crippen LogP contribution in [0.15, 0.2) is 18.2 Å². The molecule has 1 unspecified atom stereocenters. The molecule has 1 heterocycles. The van der Waals surface area contributed by atoms with Crippen LogP contribution in [0.25, 0.3) is 0 Å². The minimum atomic E-state index is -0.528. The first-order valence-corrected chi connectivity index (χ1v) is 10.9. The molecule has 6 rings (SSSR count). The van der Waals surface area contributed by atoms with E-state index in [1.807, 2.05) is 0 Å². The van der Waals surface area contributed by atoms with Crippen molar-refractivity contribution >= 4 is 11.9 Å². The number of benzene rings is 1. The second-order valence-corrected chi connectivity index (χ2v) is 9.50. The Hall–Kier alpha value is -2.24. The number of nitrogens with one attached hydrogen (secondary N) is 1. The quantitative estimate of drug-likeness (QED) is 0.769. The van der Waals surface area contributed by atoms with E-state index >= 15 is 0 Å². The highest BCUT2D eigenvalue weighted by Gasteiger charge is 2.53. The van der Waals surface area contributed by atoms with Gasteiger partial charge in [-0.3, -0.25) is 4.79 Å². The van der Waals surface area contributed by atoms with Gasteiger partial charge in [-0.05, 0) is 86.8 Å². The summed E-state index contributed by atoms with van der Waals surface area (Å²) >= 11 is 0. The molecule has 29 heavy (non-hydrogen) atoms. The fourth-order valence-electron chi connectivity index (χ4n) is 6.53. The summed E-state index contributed by atoms with van der Waals surface area (Å²) in [5.74, 6) is 2.93. The van der Waals surface area contributed by atoms with Gasteiger partial charge in [0.15, 0.2) is 18.1 Å². The maximum absolute atomic E-state index is 12.5. The van der Waals surface area contributed by atoms with Crippen molar-refractivity contribution in [1.82, 2.24) is 5.32 Å². The zero-order chi connectivity index (χ0) is 20.0. The van der Waals surface area contributed by atoms with Gasteiger partial charge in [0.05, 0.1) is 5.56 Å². The smallest absolute Gasteiger partial charge is 0.338 e. The lowest BCUT2D eigenvalue weighted by molar-refractivity contribution is -0.128. The average molecular weight is 399 g/mol. The van der Waals surface area contributed by atoms with Crippen molar-refractivity contribution in [1.29, 1.82) is 0 Å². The third-order valence-corrected chi connectivity index (χ3v) is 7.49. The number of esters is 1. The van der Waals surface area contributed by atoms with Gasteiger partial charge in [-0.25, -0.2) is 4.79 Å². The van der Waals surface area contributed by atoms with Crippen LogP contribution in [0, 0.1) is 23.2 Å². The van der Waals surface area contributed by atoms with Gasteiger partial charge in [0, 0.05) is 6.04 Å². The van der Waals surface area contributed by atoms with E-state index < -0.39 is 5.97 Å². The molecule has 5 aliphatic rings. The van der Waals surface area contributed by atoms with Crippen LogP contribution in [0.4, 0.5) is 0 Å². The van der Waals surface area contributed by atoms with Crippen LogP contribution in [0.2, 0.25) is 0 Å². The maximum Gasteiger partial charge on any atom is 0.338 e. The Morgan fingerprint density at radius 3 is 2.34 bits per heavy atom. The molecule has 4 saturated carbocycles. The maximum atomic E-state index is 12.5. The van der Waals surface area contributed by atoms with Gasteiger partial charge in [-0.2, -0.15) is 0 Å². The molecule has 1 aliphatic heterocycles. The van der Waals surface area contributed by atoms with Crippen LogP contribution in [0.1, 0.15) is 55.8 Å². The molecular weight excluding hydrogens is 370 g/mol. The summed E-state index contributed by atoms with van der Waals surface area (Å²) in [7, 11) is 0. The standard InChI is InChI=1S/C23H29NO5/c1-14(23-10-15-6-16(11-23)8-17(7-15)12-23)24-21(25)13-29-22(26)18-2-3-19-20(9-18)28-5-4-27-19/h2-3,9,14-17H,4-8,10-13H2,1H3,(H,24,25). The molecule has 4 fully saturated rings. The summed E-state index contributed by atoms with van der Waals surface area (Å²) in [5.41, 5.74) is 0.598. The highest BCUT2D eigenvalue weighted by Crippen LogP contribution is 2.61. The molecule has 1 atom stereocenters. The van der Waals surface area contributed by atoms with Crippen molar-refractivity contribution in [3.63, 3.8) is 0 Å². The fraction of sp³-hybridized carbons (Fsp3) is 0.652. The Labute approximate surface area is 171 Å². The van der Waals surface area contributed by atoms with Crippen LogP contribution in [-0.2, 0) is 9.53 Å². The van der Waals surface area contributed by atoms with E-state index in [0.29, 0.717) is 30.3 Å². The number of ether oxygens (including phenoxy) is 3. The number of fused-ring (bicyclic) bond motifs is 1. The molecule has 0 spiro atoms. The summed E-state index contributed by atoms with van der Waals surface area (Å²) in [6, 6.07) is 5.05. The molecule has 1 N–H and O–H groups in total. The molecule has 1 aromatic carbocycles. The zero-order valence-electron chi connectivity index (χ0n) is 16.9. The van der Waals surface area contributed by atoms with Gasteiger partial charge in [-0.1, -0.05) is 0 Å². The Morgan fingerprint density at radius 1 is 1.07 bits per heavy atom. The highest BCUT2D eigenvalue weighted by molar-refractivity contribution is 5.92. The summed E-state index contributed by atoms with van der Waals surface area (Å²) in [6.07, 6.45) is 7.85. The first-order valence-electron chi connectivity index (χ1n) is 10.9. The van der Waals surface area contributed by atoms with E-state index in [-0.39, 0.29) is 24.0 Å². The molecule has 0 saturated heterocycles. The highest BCUT2D eigenvalue weighted by atomic mass is 16.6. The first-order chi connectivity index (χ1) is 14.0. The summed E-state index contributed by atoms with van der Waals surface area (Å²) in [4.78, 5) is 24.8. The fourth-order valence-corrected chi connectivity index (χ4v) is 6.53. The van der Waals surface area contributed by atoms with E-state index in [1.165, 1.54) is 38.5 Å². The third kappa shape index (κ3) is 3.58. The van der Waals surface area contributed by atoms with Crippen LogP contribution >= 0.6 is 0 Å². The van der Waals surface area contributed by atoms with Crippen LogP contribution in [0.5, 0.6) is 11.5 Å². The topological polar surface area (TPSA) is 73.9 Å². The normalized spacial score (nSPS) is 32.5. The van der Waals surface area contributed by atoms with Crippen molar-refractivity contribution in [2.24, 2.45) is 23.2 Å². The van der Waals surface area contributed by atoms with Gasteiger partial charge in [-0.15, -0.1) is 0 Å². The van der Waals surface area contributed by atoms with E-state index in [1.54, 1.807) is 18.2 Å². The number of hydrogen-bond acceptors (Lipinski definition) is 5.